The number of piperidine rings is 1. The van der Waals surface area contributed by atoms with Gasteiger partial charge < -0.3 is 14.7 Å². The van der Waals surface area contributed by atoms with Crippen molar-refractivity contribution in [2.45, 2.75) is 26.3 Å². The Morgan fingerprint density at radius 2 is 2.05 bits per heavy atom. The van der Waals surface area contributed by atoms with Crippen LogP contribution in [-0.4, -0.2) is 60.1 Å². The van der Waals surface area contributed by atoms with E-state index in [0.29, 0.717) is 5.91 Å². The van der Waals surface area contributed by atoms with Gasteiger partial charge in [-0.25, -0.2) is 0 Å². The maximum atomic E-state index is 12.5. The smallest absolute Gasteiger partial charge is 0.225 e. The van der Waals surface area contributed by atoms with Crippen LogP contribution in [-0.2, 0) is 11.3 Å². The molecule has 1 aromatic rings. The summed E-state index contributed by atoms with van der Waals surface area (Å²) in [6.45, 7) is 8.15. The number of carbonyl (C=O) groups is 1. The molecule has 2 fully saturated rings. The Morgan fingerprint density at radius 3 is 2.67 bits per heavy atom. The van der Waals surface area contributed by atoms with E-state index in [-0.39, 0.29) is 5.92 Å². The molecule has 21 heavy (non-hydrogen) atoms. The number of piperazine rings is 1. The molecule has 2 aliphatic heterocycles. The van der Waals surface area contributed by atoms with Gasteiger partial charge in [-0.2, -0.15) is 0 Å². The summed E-state index contributed by atoms with van der Waals surface area (Å²) in [6.07, 6.45) is 1.97. The first-order valence-corrected chi connectivity index (χ1v) is 7.86. The van der Waals surface area contributed by atoms with E-state index < -0.39 is 0 Å². The Morgan fingerprint density at radius 1 is 1.33 bits per heavy atom. The minimum atomic E-state index is 0.231. The summed E-state index contributed by atoms with van der Waals surface area (Å²) in [5, 5.41) is 7.23. The molecular weight excluding hydrogens is 268 g/mol. The second kappa shape index (κ2) is 6.58. The van der Waals surface area contributed by atoms with E-state index in [1.807, 2.05) is 17.9 Å². The molecule has 0 aliphatic carbocycles. The van der Waals surface area contributed by atoms with Crippen LogP contribution in [0, 0.1) is 12.8 Å². The van der Waals surface area contributed by atoms with Gasteiger partial charge in [0.25, 0.3) is 0 Å². The van der Waals surface area contributed by atoms with Crippen molar-refractivity contribution in [3.63, 3.8) is 0 Å². The van der Waals surface area contributed by atoms with Crippen molar-refractivity contribution in [2.75, 3.05) is 39.3 Å². The molecule has 0 spiro atoms. The average Bonchev–Trinajstić information content (AvgIpc) is 2.93. The summed E-state index contributed by atoms with van der Waals surface area (Å²) in [6, 6.07) is 1.98. The van der Waals surface area contributed by atoms with Gasteiger partial charge in [0, 0.05) is 38.2 Å². The van der Waals surface area contributed by atoms with Crippen LogP contribution in [0.2, 0.25) is 0 Å². The zero-order chi connectivity index (χ0) is 14.7. The van der Waals surface area contributed by atoms with Gasteiger partial charge in [0.05, 0.1) is 12.2 Å². The number of carbonyl (C=O) groups excluding carboxylic acids is 1. The van der Waals surface area contributed by atoms with Crippen LogP contribution in [0.3, 0.4) is 0 Å². The fourth-order valence-electron chi connectivity index (χ4n) is 3.16. The van der Waals surface area contributed by atoms with Crippen LogP contribution in [0.1, 0.15) is 24.3 Å². The van der Waals surface area contributed by atoms with Gasteiger partial charge in [0.1, 0.15) is 0 Å². The number of hydrogen-bond donors (Lipinski definition) is 1. The second-order valence-electron chi connectivity index (χ2n) is 6.06. The standard InChI is InChI=1S/C15H24N4O2/c1-12-10-14(21-17-12)11-18-6-8-19(9-7-18)15(20)13-2-4-16-5-3-13/h10,13,16H,2-9,11H2,1H3. The summed E-state index contributed by atoms with van der Waals surface area (Å²) >= 11 is 0. The molecule has 1 amide bonds. The predicted molar refractivity (Wildman–Crippen MR) is 78.7 cm³/mol. The van der Waals surface area contributed by atoms with Crippen LogP contribution in [0.15, 0.2) is 10.6 Å². The van der Waals surface area contributed by atoms with E-state index in [2.05, 4.69) is 15.4 Å². The first kappa shape index (κ1) is 14.5. The van der Waals surface area contributed by atoms with E-state index in [9.17, 15) is 4.79 Å². The highest BCUT2D eigenvalue weighted by atomic mass is 16.5. The lowest BCUT2D eigenvalue weighted by Gasteiger charge is -2.36. The molecule has 3 heterocycles. The number of nitrogens with zero attached hydrogens (tertiary/aromatic N) is 3. The average molecular weight is 292 g/mol. The number of hydrogen-bond acceptors (Lipinski definition) is 5. The van der Waals surface area contributed by atoms with E-state index >= 15 is 0 Å². The van der Waals surface area contributed by atoms with Crippen LogP contribution in [0.25, 0.3) is 0 Å². The van der Waals surface area contributed by atoms with E-state index in [1.165, 1.54) is 0 Å². The topological polar surface area (TPSA) is 61.6 Å². The highest BCUT2D eigenvalue weighted by Gasteiger charge is 2.28. The maximum absolute atomic E-state index is 12.5. The lowest BCUT2D eigenvalue weighted by molar-refractivity contribution is -0.138. The van der Waals surface area contributed by atoms with Crippen molar-refractivity contribution in [1.29, 1.82) is 0 Å². The third-order valence-electron chi connectivity index (χ3n) is 4.43. The van der Waals surface area contributed by atoms with E-state index in [0.717, 1.165) is 70.1 Å². The third-order valence-corrected chi connectivity index (χ3v) is 4.43. The van der Waals surface area contributed by atoms with Gasteiger partial charge in [-0.05, 0) is 32.9 Å². The molecule has 2 saturated heterocycles. The molecular formula is C15H24N4O2. The molecule has 1 aromatic heterocycles. The van der Waals surface area contributed by atoms with E-state index in [1.54, 1.807) is 0 Å². The van der Waals surface area contributed by atoms with Crippen LogP contribution in [0.5, 0.6) is 0 Å². The highest BCUT2D eigenvalue weighted by molar-refractivity contribution is 5.79. The molecule has 1 N–H and O–H groups in total. The zero-order valence-electron chi connectivity index (χ0n) is 12.7. The van der Waals surface area contributed by atoms with Crippen molar-refractivity contribution in [1.82, 2.24) is 20.3 Å². The summed E-state index contributed by atoms with van der Waals surface area (Å²) < 4.78 is 5.26. The summed E-state index contributed by atoms with van der Waals surface area (Å²) in [5.74, 6) is 1.49. The van der Waals surface area contributed by atoms with Crippen molar-refractivity contribution in [2.24, 2.45) is 5.92 Å². The zero-order valence-corrected chi connectivity index (χ0v) is 12.7. The van der Waals surface area contributed by atoms with Crippen LogP contribution >= 0.6 is 0 Å². The predicted octanol–water partition coefficient (Wildman–Crippen LogP) is 0.627. The van der Waals surface area contributed by atoms with Gasteiger partial charge in [-0.1, -0.05) is 5.16 Å². The second-order valence-corrected chi connectivity index (χ2v) is 6.06. The number of rotatable bonds is 3. The van der Waals surface area contributed by atoms with Gasteiger partial charge in [-0.3, -0.25) is 9.69 Å². The Bertz CT molecular complexity index is 474. The molecule has 0 radical (unpaired) electrons. The van der Waals surface area contributed by atoms with Gasteiger partial charge in [-0.15, -0.1) is 0 Å². The summed E-state index contributed by atoms with van der Waals surface area (Å²) in [7, 11) is 0. The molecule has 0 unspecified atom stereocenters. The quantitative estimate of drug-likeness (QED) is 0.885. The Balaban J connectivity index is 1.47. The molecule has 3 rings (SSSR count). The fraction of sp³-hybridized carbons (Fsp3) is 0.733. The van der Waals surface area contributed by atoms with E-state index in [4.69, 9.17) is 4.52 Å². The lowest BCUT2D eigenvalue weighted by atomic mass is 9.96. The Hall–Kier alpha value is -1.40. The van der Waals surface area contributed by atoms with Crippen molar-refractivity contribution < 1.29 is 9.32 Å². The lowest BCUT2D eigenvalue weighted by Crippen LogP contribution is -2.51. The molecule has 6 nitrogen and oxygen atoms in total. The van der Waals surface area contributed by atoms with Gasteiger partial charge >= 0.3 is 0 Å². The summed E-state index contributed by atoms with van der Waals surface area (Å²) in [4.78, 5) is 16.8. The molecule has 0 saturated carbocycles. The van der Waals surface area contributed by atoms with Gasteiger partial charge in [0.2, 0.25) is 5.91 Å². The number of amides is 1. The molecule has 6 heteroatoms. The van der Waals surface area contributed by atoms with Crippen molar-refractivity contribution >= 4 is 5.91 Å². The third kappa shape index (κ3) is 3.63. The first-order chi connectivity index (χ1) is 10.2. The van der Waals surface area contributed by atoms with Crippen molar-refractivity contribution in [3.8, 4) is 0 Å². The number of aromatic nitrogens is 1. The minimum absolute atomic E-state index is 0.231. The maximum Gasteiger partial charge on any atom is 0.225 e. The number of aryl methyl sites for hydroxylation is 1. The van der Waals surface area contributed by atoms with Crippen LogP contribution < -0.4 is 5.32 Å². The largest absolute Gasteiger partial charge is 0.360 e. The molecule has 2 aliphatic rings. The van der Waals surface area contributed by atoms with Crippen LogP contribution in [0.4, 0.5) is 0 Å². The molecule has 0 bridgehead atoms. The molecule has 0 aromatic carbocycles. The monoisotopic (exact) mass is 292 g/mol. The van der Waals surface area contributed by atoms with Crippen molar-refractivity contribution in [3.05, 3.63) is 17.5 Å². The SMILES string of the molecule is Cc1cc(CN2CCN(C(=O)C3CCNCC3)CC2)on1. The fourth-order valence-corrected chi connectivity index (χ4v) is 3.16. The van der Waals surface area contributed by atoms with Gasteiger partial charge in [0.15, 0.2) is 5.76 Å². The minimum Gasteiger partial charge on any atom is -0.360 e. The highest BCUT2D eigenvalue weighted by Crippen LogP contribution is 2.17. The normalized spacial score (nSPS) is 21.7. The molecule has 0 atom stereocenters. The Kier molecular flexibility index (Phi) is 4.55. The first-order valence-electron chi connectivity index (χ1n) is 7.86. The molecule has 116 valence electrons. The number of nitrogens with one attached hydrogen (secondary N) is 1. The Labute approximate surface area is 125 Å². The summed E-state index contributed by atoms with van der Waals surface area (Å²) in [5.41, 5.74) is 0.921.